The maximum Gasteiger partial charge on any atom is 0.416 e. The third-order valence-electron chi connectivity index (χ3n) is 5.28. The van der Waals surface area contributed by atoms with Crippen molar-refractivity contribution in [3.8, 4) is 0 Å². The summed E-state index contributed by atoms with van der Waals surface area (Å²) in [6.07, 6.45) is -2.45. The third-order valence-corrected chi connectivity index (χ3v) is 5.28. The first-order valence-corrected chi connectivity index (χ1v) is 9.51. The highest BCUT2D eigenvalue weighted by molar-refractivity contribution is 5.79. The molecule has 1 aliphatic rings. The zero-order valence-corrected chi connectivity index (χ0v) is 16.0. The van der Waals surface area contributed by atoms with Crippen LogP contribution in [-0.2, 0) is 23.9 Å². The summed E-state index contributed by atoms with van der Waals surface area (Å²) in [5, 5.41) is 0. The van der Waals surface area contributed by atoms with Gasteiger partial charge in [-0.1, -0.05) is 42.5 Å². The van der Waals surface area contributed by atoms with Crippen LogP contribution in [0.15, 0.2) is 54.6 Å². The standard InChI is InChI=1S/C22H25F3N2O/c1-26-13-11-20(12-14-26)27(16-18-5-3-2-4-6-18)21(28)15-17-7-9-19(10-8-17)22(23,24)25/h2-10,20H,11-16H2,1H3. The molecule has 3 nitrogen and oxygen atoms in total. The minimum Gasteiger partial charge on any atom is -0.335 e. The van der Waals surface area contributed by atoms with Gasteiger partial charge in [0, 0.05) is 12.6 Å². The molecule has 1 amide bonds. The lowest BCUT2D eigenvalue weighted by Gasteiger charge is -2.37. The number of carbonyl (C=O) groups is 1. The molecular formula is C22H25F3N2O. The molecule has 0 aromatic heterocycles. The van der Waals surface area contributed by atoms with Gasteiger partial charge < -0.3 is 9.80 Å². The van der Waals surface area contributed by atoms with E-state index in [1.54, 1.807) is 0 Å². The molecule has 1 saturated heterocycles. The van der Waals surface area contributed by atoms with Gasteiger partial charge in [0.15, 0.2) is 0 Å². The summed E-state index contributed by atoms with van der Waals surface area (Å²) in [5.41, 5.74) is 0.964. The largest absolute Gasteiger partial charge is 0.416 e. The van der Waals surface area contributed by atoms with Crippen LogP contribution in [0.2, 0.25) is 0 Å². The quantitative estimate of drug-likeness (QED) is 0.757. The Kier molecular flexibility index (Phi) is 6.39. The van der Waals surface area contributed by atoms with Crippen LogP contribution >= 0.6 is 0 Å². The highest BCUT2D eigenvalue weighted by atomic mass is 19.4. The van der Waals surface area contributed by atoms with Gasteiger partial charge in [0.05, 0.1) is 12.0 Å². The van der Waals surface area contributed by atoms with Crippen molar-refractivity contribution < 1.29 is 18.0 Å². The van der Waals surface area contributed by atoms with E-state index in [2.05, 4.69) is 11.9 Å². The second kappa shape index (κ2) is 8.78. The molecule has 0 atom stereocenters. The van der Waals surface area contributed by atoms with E-state index in [1.165, 1.54) is 12.1 Å². The topological polar surface area (TPSA) is 23.6 Å². The zero-order chi connectivity index (χ0) is 20.1. The molecule has 3 rings (SSSR count). The fraction of sp³-hybridized carbons (Fsp3) is 0.409. The number of nitrogens with zero attached hydrogens (tertiary/aromatic N) is 2. The van der Waals surface area contributed by atoms with Gasteiger partial charge in [-0.3, -0.25) is 4.79 Å². The lowest BCUT2D eigenvalue weighted by Crippen LogP contribution is -2.46. The molecule has 0 bridgehead atoms. The number of benzene rings is 2. The van der Waals surface area contributed by atoms with Crippen molar-refractivity contribution in [1.82, 2.24) is 9.80 Å². The van der Waals surface area contributed by atoms with Crippen LogP contribution in [0.1, 0.15) is 29.5 Å². The Bertz CT molecular complexity index is 767. The highest BCUT2D eigenvalue weighted by Gasteiger charge is 2.30. The lowest BCUT2D eigenvalue weighted by atomic mass is 10.0. The fourth-order valence-electron chi connectivity index (χ4n) is 3.60. The molecule has 2 aromatic rings. The van der Waals surface area contributed by atoms with Gasteiger partial charge in [0.2, 0.25) is 5.91 Å². The number of piperidine rings is 1. The Labute approximate surface area is 163 Å². The summed E-state index contributed by atoms with van der Waals surface area (Å²) < 4.78 is 38.2. The SMILES string of the molecule is CN1CCC(N(Cc2ccccc2)C(=O)Cc2ccc(C(F)(F)F)cc2)CC1. The Hall–Kier alpha value is -2.34. The summed E-state index contributed by atoms with van der Waals surface area (Å²) >= 11 is 0. The van der Waals surface area contributed by atoms with Crippen molar-refractivity contribution in [1.29, 1.82) is 0 Å². The molecule has 1 aliphatic heterocycles. The van der Waals surface area contributed by atoms with Crippen LogP contribution in [0.25, 0.3) is 0 Å². The van der Waals surface area contributed by atoms with Gasteiger partial charge in [0.1, 0.15) is 0 Å². The molecule has 0 spiro atoms. The predicted octanol–water partition coefficient (Wildman–Crippen LogP) is 4.37. The molecule has 28 heavy (non-hydrogen) atoms. The summed E-state index contributed by atoms with van der Waals surface area (Å²) in [6.45, 7) is 2.39. The van der Waals surface area contributed by atoms with Crippen molar-refractivity contribution in [2.45, 2.75) is 38.0 Å². The summed E-state index contributed by atoms with van der Waals surface area (Å²) in [4.78, 5) is 17.2. The van der Waals surface area contributed by atoms with E-state index < -0.39 is 11.7 Å². The second-order valence-electron chi connectivity index (χ2n) is 7.41. The van der Waals surface area contributed by atoms with E-state index >= 15 is 0 Å². The van der Waals surface area contributed by atoms with Gasteiger partial charge in [-0.15, -0.1) is 0 Å². The minimum atomic E-state index is -4.37. The zero-order valence-electron chi connectivity index (χ0n) is 16.0. The van der Waals surface area contributed by atoms with Gasteiger partial charge in [-0.25, -0.2) is 0 Å². The van der Waals surface area contributed by atoms with Gasteiger partial charge >= 0.3 is 6.18 Å². The molecule has 1 heterocycles. The molecule has 1 fully saturated rings. The maximum atomic E-state index is 13.1. The first-order valence-electron chi connectivity index (χ1n) is 9.51. The Morgan fingerprint density at radius 2 is 1.61 bits per heavy atom. The monoisotopic (exact) mass is 390 g/mol. The number of rotatable bonds is 5. The van der Waals surface area contributed by atoms with Crippen LogP contribution < -0.4 is 0 Å². The van der Waals surface area contributed by atoms with Crippen molar-refractivity contribution in [2.75, 3.05) is 20.1 Å². The first kappa shape index (κ1) is 20.4. The third kappa shape index (κ3) is 5.35. The van der Waals surface area contributed by atoms with Crippen molar-refractivity contribution in [2.24, 2.45) is 0 Å². The first-order chi connectivity index (χ1) is 13.3. The van der Waals surface area contributed by atoms with Crippen molar-refractivity contribution in [3.63, 3.8) is 0 Å². The normalized spacial score (nSPS) is 16.1. The molecule has 0 saturated carbocycles. The van der Waals surface area contributed by atoms with Crippen LogP contribution in [0.5, 0.6) is 0 Å². The highest BCUT2D eigenvalue weighted by Crippen LogP contribution is 2.29. The van der Waals surface area contributed by atoms with Crippen LogP contribution in [-0.4, -0.2) is 41.9 Å². The Morgan fingerprint density at radius 3 is 2.18 bits per heavy atom. The van der Waals surface area contributed by atoms with E-state index in [4.69, 9.17) is 0 Å². The van der Waals surface area contributed by atoms with Gasteiger partial charge in [-0.05, 0) is 56.2 Å². The van der Waals surface area contributed by atoms with E-state index in [1.807, 2.05) is 35.2 Å². The molecule has 2 aromatic carbocycles. The number of carbonyl (C=O) groups excluding carboxylic acids is 1. The molecule has 0 N–H and O–H groups in total. The lowest BCUT2D eigenvalue weighted by molar-refractivity contribution is -0.137. The average Bonchev–Trinajstić information content (AvgIpc) is 2.67. The number of hydrogen-bond acceptors (Lipinski definition) is 2. The summed E-state index contributed by atoms with van der Waals surface area (Å²) in [6, 6.07) is 14.9. The van der Waals surface area contributed by atoms with E-state index in [9.17, 15) is 18.0 Å². The number of amides is 1. The van der Waals surface area contributed by atoms with E-state index in [-0.39, 0.29) is 18.4 Å². The molecule has 150 valence electrons. The fourth-order valence-corrected chi connectivity index (χ4v) is 3.60. The number of likely N-dealkylation sites (tertiary alicyclic amines) is 1. The molecule has 6 heteroatoms. The van der Waals surface area contributed by atoms with Crippen LogP contribution in [0.3, 0.4) is 0 Å². The van der Waals surface area contributed by atoms with Crippen molar-refractivity contribution >= 4 is 5.91 Å². The molecule has 0 radical (unpaired) electrons. The Morgan fingerprint density at radius 1 is 1.00 bits per heavy atom. The van der Waals surface area contributed by atoms with Crippen LogP contribution in [0, 0.1) is 0 Å². The number of halogens is 3. The predicted molar refractivity (Wildman–Crippen MR) is 103 cm³/mol. The average molecular weight is 390 g/mol. The maximum absolute atomic E-state index is 13.1. The smallest absolute Gasteiger partial charge is 0.335 e. The summed E-state index contributed by atoms with van der Waals surface area (Å²) in [7, 11) is 2.07. The van der Waals surface area contributed by atoms with Crippen LogP contribution in [0.4, 0.5) is 13.2 Å². The Balaban J connectivity index is 1.74. The number of alkyl halides is 3. The van der Waals surface area contributed by atoms with E-state index in [0.29, 0.717) is 12.1 Å². The summed E-state index contributed by atoms with van der Waals surface area (Å²) in [5.74, 6) is -0.0434. The van der Waals surface area contributed by atoms with E-state index in [0.717, 1.165) is 43.6 Å². The molecule has 0 aliphatic carbocycles. The van der Waals surface area contributed by atoms with Gasteiger partial charge in [-0.2, -0.15) is 13.2 Å². The molecular weight excluding hydrogens is 365 g/mol. The number of hydrogen-bond donors (Lipinski definition) is 0. The molecule has 0 unspecified atom stereocenters. The van der Waals surface area contributed by atoms with Crippen molar-refractivity contribution in [3.05, 3.63) is 71.3 Å². The van der Waals surface area contributed by atoms with Gasteiger partial charge in [0.25, 0.3) is 0 Å². The second-order valence-corrected chi connectivity index (χ2v) is 7.41. The minimum absolute atomic E-state index is 0.0434.